The first-order valence-corrected chi connectivity index (χ1v) is 6.27. The SMILES string of the molecule is COc1cc(Br)cc(NC(=O)c2n[nH]c(C)c2N)c1. The lowest BCUT2D eigenvalue weighted by atomic mass is 10.2. The number of carbonyl (C=O) groups excluding carboxylic acids is 1. The number of benzene rings is 1. The van der Waals surface area contributed by atoms with E-state index >= 15 is 0 Å². The number of nitrogens with two attached hydrogens (primary N) is 1. The number of halogens is 1. The Balaban J connectivity index is 2.24. The molecule has 2 aromatic rings. The van der Waals surface area contributed by atoms with Gasteiger partial charge in [0, 0.05) is 16.2 Å². The van der Waals surface area contributed by atoms with Gasteiger partial charge in [-0.1, -0.05) is 15.9 Å². The van der Waals surface area contributed by atoms with Crippen molar-refractivity contribution in [1.29, 1.82) is 0 Å². The summed E-state index contributed by atoms with van der Waals surface area (Å²) in [6, 6.07) is 5.26. The van der Waals surface area contributed by atoms with E-state index in [1.54, 1.807) is 32.2 Å². The maximum Gasteiger partial charge on any atom is 0.278 e. The molecule has 19 heavy (non-hydrogen) atoms. The number of methoxy groups -OCH3 is 1. The van der Waals surface area contributed by atoms with Crippen LogP contribution < -0.4 is 15.8 Å². The van der Waals surface area contributed by atoms with E-state index in [2.05, 4.69) is 31.4 Å². The first-order chi connectivity index (χ1) is 9.01. The molecule has 0 saturated carbocycles. The molecule has 0 bridgehead atoms. The number of aromatic amines is 1. The van der Waals surface area contributed by atoms with Gasteiger partial charge in [0.05, 0.1) is 18.5 Å². The van der Waals surface area contributed by atoms with Gasteiger partial charge in [-0.15, -0.1) is 0 Å². The molecule has 0 saturated heterocycles. The second-order valence-electron chi connectivity index (χ2n) is 3.94. The number of nitrogens with one attached hydrogen (secondary N) is 2. The highest BCUT2D eigenvalue weighted by molar-refractivity contribution is 9.10. The second kappa shape index (κ2) is 5.31. The number of hydrogen-bond donors (Lipinski definition) is 3. The largest absolute Gasteiger partial charge is 0.497 e. The minimum Gasteiger partial charge on any atom is -0.497 e. The first-order valence-electron chi connectivity index (χ1n) is 5.47. The third-order valence-electron chi connectivity index (χ3n) is 2.57. The molecule has 0 radical (unpaired) electrons. The van der Waals surface area contributed by atoms with Crippen LogP contribution in [0.2, 0.25) is 0 Å². The summed E-state index contributed by atoms with van der Waals surface area (Å²) >= 11 is 3.34. The Bertz CT molecular complexity index is 624. The van der Waals surface area contributed by atoms with Crippen LogP contribution in [0.25, 0.3) is 0 Å². The van der Waals surface area contributed by atoms with Crippen LogP contribution in [-0.4, -0.2) is 23.2 Å². The van der Waals surface area contributed by atoms with Gasteiger partial charge in [0.15, 0.2) is 5.69 Å². The summed E-state index contributed by atoms with van der Waals surface area (Å²) in [5.41, 5.74) is 7.54. The predicted molar refractivity (Wildman–Crippen MR) is 76.4 cm³/mol. The lowest BCUT2D eigenvalue weighted by Crippen LogP contribution is -2.14. The van der Waals surface area contributed by atoms with Crippen LogP contribution >= 0.6 is 15.9 Å². The van der Waals surface area contributed by atoms with Gasteiger partial charge in [-0.2, -0.15) is 5.10 Å². The summed E-state index contributed by atoms with van der Waals surface area (Å²) in [7, 11) is 1.56. The maximum atomic E-state index is 12.0. The molecule has 0 aliphatic rings. The van der Waals surface area contributed by atoms with E-state index in [-0.39, 0.29) is 11.6 Å². The van der Waals surface area contributed by atoms with Crippen molar-refractivity contribution in [3.63, 3.8) is 0 Å². The molecule has 7 heteroatoms. The molecule has 0 aliphatic carbocycles. The van der Waals surface area contributed by atoms with E-state index in [1.165, 1.54) is 0 Å². The van der Waals surface area contributed by atoms with Crippen LogP contribution in [0.3, 0.4) is 0 Å². The number of hydrogen-bond acceptors (Lipinski definition) is 4. The number of H-pyrrole nitrogens is 1. The number of aryl methyl sites for hydroxylation is 1. The highest BCUT2D eigenvalue weighted by atomic mass is 79.9. The Morgan fingerprint density at radius 3 is 2.79 bits per heavy atom. The molecule has 1 aromatic carbocycles. The molecule has 4 N–H and O–H groups in total. The molecule has 0 atom stereocenters. The van der Waals surface area contributed by atoms with Crippen LogP contribution in [0.5, 0.6) is 5.75 Å². The van der Waals surface area contributed by atoms with E-state index in [4.69, 9.17) is 10.5 Å². The van der Waals surface area contributed by atoms with Crippen molar-refractivity contribution in [2.24, 2.45) is 0 Å². The van der Waals surface area contributed by atoms with Crippen molar-refractivity contribution >= 4 is 33.2 Å². The number of rotatable bonds is 3. The number of anilines is 2. The average Bonchev–Trinajstić information content (AvgIpc) is 2.69. The van der Waals surface area contributed by atoms with E-state index < -0.39 is 0 Å². The molecule has 1 aromatic heterocycles. The molecular weight excluding hydrogens is 312 g/mol. The lowest BCUT2D eigenvalue weighted by molar-refractivity contribution is 0.102. The summed E-state index contributed by atoms with van der Waals surface area (Å²) in [5.74, 6) is 0.262. The summed E-state index contributed by atoms with van der Waals surface area (Å²) in [6.07, 6.45) is 0. The Morgan fingerprint density at radius 2 is 2.21 bits per heavy atom. The number of nitrogen functional groups attached to an aromatic ring is 1. The number of aromatic nitrogens is 2. The van der Waals surface area contributed by atoms with Crippen molar-refractivity contribution in [1.82, 2.24) is 10.2 Å². The Morgan fingerprint density at radius 1 is 1.47 bits per heavy atom. The van der Waals surface area contributed by atoms with Crippen LogP contribution in [0, 0.1) is 6.92 Å². The second-order valence-corrected chi connectivity index (χ2v) is 4.86. The third kappa shape index (κ3) is 2.87. The Labute approximate surface area is 118 Å². The molecule has 2 rings (SSSR count). The van der Waals surface area contributed by atoms with Crippen LogP contribution in [-0.2, 0) is 0 Å². The highest BCUT2D eigenvalue weighted by Gasteiger charge is 2.15. The molecule has 1 heterocycles. The third-order valence-corrected chi connectivity index (χ3v) is 3.03. The van der Waals surface area contributed by atoms with Gasteiger partial charge in [-0.25, -0.2) is 0 Å². The van der Waals surface area contributed by atoms with Gasteiger partial charge in [-0.3, -0.25) is 9.89 Å². The van der Waals surface area contributed by atoms with E-state index in [0.717, 1.165) is 4.47 Å². The molecular formula is C12H13BrN4O2. The van der Waals surface area contributed by atoms with Gasteiger partial charge in [-0.05, 0) is 19.1 Å². The van der Waals surface area contributed by atoms with Crippen LogP contribution in [0.15, 0.2) is 22.7 Å². The molecule has 6 nitrogen and oxygen atoms in total. The topological polar surface area (TPSA) is 93.0 Å². The fourth-order valence-electron chi connectivity index (χ4n) is 1.55. The van der Waals surface area contributed by atoms with Crippen molar-refractivity contribution in [2.45, 2.75) is 6.92 Å². The number of amides is 1. The van der Waals surface area contributed by atoms with Crippen molar-refractivity contribution < 1.29 is 9.53 Å². The Hall–Kier alpha value is -2.02. The molecule has 0 fully saturated rings. The minimum absolute atomic E-state index is 0.177. The average molecular weight is 325 g/mol. The zero-order valence-corrected chi connectivity index (χ0v) is 12.0. The predicted octanol–water partition coefficient (Wildman–Crippen LogP) is 2.32. The molecule has 0 aliphatic heterocycles. The quantitative estimate of drug-likeness (QED) is 0.807. The van der Waals surface area contributed by atoms with Gasteiger partial charge in [0.1, 0.15) is 5.75 Å². The number of carbonyl (C=O) groups is 1. The lowest BCUT2D eigenvalue weighted by Gasteiger charge is -2.07. The monoisotopic (exact) mass is 324 g/mol. The summed E-state index contributed by atoms with van der Waals surface area (Å²) in [6.45, 7) is 1.75. The van der Waals surface area contributed by atoms with E-state index in [0.29, 0.717) is 22.8 Å². The number of nitrogens with zero attached hydrogens (tertiary/aromatic N) is 1. The van der Waals surface area contributed by atoms with Gasteiger partial charge in [0.25, 0.3) is 5.91 Å². The van der Waals surface area contributed by atoms with Crippen molar-refractivity contribution in [3.05, 3.63) is 34.1 Å². The molecule has 0 spiro atoms. The fourth-order valence-corrected chi connectivity index (χ4v) is 2.03. The Kier molecular flexibility index (Phi) is 3.75. The van der Waals surface area contributed by atoms with Crippen molar-refractivity contribution in [2.75, 3.05) is 18.2 Å². The van der Waals surface area contributed by atoms with E-state index in [9.17, 15) is 4.79 Å². The molecule has 1 amide bonds. The highest BCUT2D eigenvalue weighted by Crippen LogP contribution is 2.25. The number of ether oxygens (including phenoxy) is 1. The van der Waals surface area contributed by atoms with Crippen LogP contribution in [0.1, 0.15) is 16.2 Å². The smallest absolute Gasteiger partial charge is 0.278 e. The van der Waals surface area contributed by atoms with Gasteiger partial charge >= 0.3 is 0 Å². The van der Waals surface area contributed by atoms with Crippen molar-refractivity contribution in [3.8, 4) is 5.75 Å². The maximum absolute atomic E-state index is 12.0. The normalized spacial score (nSPS) is 10.3. The van der Waals surface area contributed by atoms with Gasteiger partial charge < -0.3 is 15.8 Å². The zero-order valence-electron chi connectivity index (χ0n) is 10.5. The minimum atomic E-state index is -0.373. The summed E-state index contributed by atoms with van der Waals surface area (Å²) in [5, 5.41) is 9.26. The molecule has 0 unspecified atom stereocenters. The standard InChI is InChI=1S/C12H13BrN4O2/c1-6-10(14)11(17-16-6)12(18)15-8-3-7(13)4-9(5-8)19-2/h3-5H,14H2,1-2H3,(H,15,18)(H,16,17). The van der Waals surface area contributed by atoms with E-state index in [1.807, 2.05) is 0 Å². The fraction of sp³-hybridized carbons (Fsp3) is 0.167. The van der Waals surface area contributed by atoms with Gasteiger partial charge in [0.2, 0.25) is 0 Å². The summed E-state index contributed by atoms with van der Waals surface area (Å²) < 4.78 is 5.92. The zero-order chi connectivity index (χ0) is 14.0. The molecule has 100 valence electrons. The first kappa shape index (κ1) is 13.4. The summed E-state index contributed by atoms with van der Waals surface area (Å²) in [4.78, 5) is 12.0. The van der Waals surface area contributed by atoms with Crippen LogP contribution in [0.4, 0.5) is 11.4 Å².